The highest BCUT2D eigenvalue weighted by Crippen LogP contribution is 2.15. The Hall–Kier alpha value is -2.82. The molecule has 0 radical (unpaired) electrons. The number of hydrazone groups is 1. The SMILES string of the molecule is NC(N)=N/[NH+]=C/c1ccc(Nc2ccccc2)cc1. The fourth-order valence-corrected chi connectivity index (χ4v) is 1.53. The van der Waals surface area contributed by atoms with Crippen LogP contribution in [0.1, 0.15) is 5.56 Å². The van der Waals surface area contributed by atoms with Crippen LogP contribution >= 0.6 is 0 Å². The van der Waals surface area contributed by atoms with Crippen LogP contribution in [0.3, 0.4) is 0 Å². The van der Waals surface area contributed by atoms with Gasteiger partial charge in [-0.2, -0.15) is 0 Å². The summed E-state index contributed by atoms with van der Waals surface area (Å²) in [6.45, 7) is 0. The quantitative estimate of drug-likeness (QED) is 0.355. The smallest absolute Gasteiger partial charge is 0.256 e. The van der Waals surface area contributed by atoms with Gasteiger partial charge in [0.1, 0.15) is 0 Å². The van der Waals surface area contributed by atoms with E-state index >= 15 is 0 Å². The Kier molecular flexibility index (Phi) is 4.12. The summed E-state index contributed by atoms with van der Waals surface area (Å²) in [4.78, 5) is 0. The lowest BCUT2D eigenvalue weighted by molar-refractivity contribution is -0.456. The molecule has 0 unspecified atom stereocenters. The minimum Gasteiger partial charge on any atom is -0.365 e. The summed E-state index contributed by atoms with van der Waals surface area (Å²) >= 11 is 0. The zero-order valence-corrected chi connectivity index (χ0v) is 10.4. The summed E-state index contributed by atoms with van der Waals surface area (Å²) in [7, 11) is 0. The summed E-state index contributed by atoms with van der Waals surface area (Å²) in [5.74, 6) is -0.00128. The van der Waals surface area contributed by atoms with Crippen LogP contribution in [0.4, 0.5) is 11.4 Å². The number of nitrogens with zero attached hydrogens (tertiary/aromatic N) is 1. The summed E-state index contributed by atoms with van der Waals surface area (Å²) < 4.78 is 0. The highest BCUT2D eigenvalue weighted by molar-refractivity contribution is 5.77. The van der Waals surface area contributed by atoms with Crippen molar-refractivity contribution >= 4 is 23.5 Å². The molecule has 2 aromatic carbocycles. The second-order valence-corrected chi connectivity index (χ2v) is 3.92. The molecule has 0 heterocycles. The number of hydrogen-bond acceptors (Lipinski definition) is 2. The first-order chi connectivity index (χ1) is 9.24. The zero-order valence-electron chi connectivity index (χ0n) is 10.4. The largest absolute Gasteiger partial charge is 0.365 e. The standard InChI is InChI=1S/C14H15N5/c15-14(16)19-17-10-11-6-8-13(9-7-11)18-12-4-2-1-3-5-12/h1-10,18H,(H4,15,16,19)/p+1/b17-10+. The van der Waals surface area contributed by atoms with E-state index in [1.54, 1.807) is 6.21 Å². The molecule has 0 bridgehead atoms. The Morgan fingerprint density at radius 3 is 2.21 bits per heavy atom. The van der Waals surface area contributed by atoms with Crippen LogP contribution < -0.4 is 21.9 Å². The first kappa shape index (κ1) is 12.6. The molecule has 6 N–H and O–H groups in total. The van der Waals surface area contributed by atoms with Crippen molar-refractivity contribution in [2.75, 3.05) is 5.32 Å². The minimum absolute atomic E-state index is 0.00128. The first-order valence-electron chi connectivity index (χ1n) is 5.83. The second kappa shape index (κ2) is 6.20. The third-order valence-corrected chi connectivity index (χ3v) is 2.40. The average molecular weight is 254 g/mol. The minimum atomic E-state index is -0.00128. The maximum absolute atomic E-state index is 5.20. The van der Waals surface area contributed by atoms with Gasteiger partial charge in [-0.1, -0.05) is 18.2 Å². The molecule has 0 amide bonds. The fraction of sp³-hybridized carbons (Fsp3) is 0. The van der Waals surface area contributed by atoms with Gasteiger partial charge in [0.15, 0.2) is 0 Å². The van der Waals surface area contributed by atoms with Gasteiger partial charge in [-0.05, 0) is 36.4 Å². The van der Waals surface area contributed by atoms with Gasteiger partial charge in [0, 0.05) is 22.0 Å². The Labute approximate surface area is 111 Å². The van der Waals surface area contributed by atoms with Crippen LogP contribution in [-0.2, 0) is 0 Å². The first-order valence-corrected chi connectivity index (χ1v) is 5.83. The van der Waals surface area contributed by atoms with E-state index in [-0.39, 0.29) is 5.96 Å². The van der Waals surface area contributed by atoms with E-state index in [1.165, 1.54) is 0 Å². The van der Waals surface area contributed by atoms with E-state index in [2.05, 4.69) is 15.5 Å². The van der Waals surface area contributed by atoms with Gasteiger partial charge in [-0.15, -0.1) is 5.10 Å². The highest BCUT2D eigenvalue weighted by Gasteiger charge is 1.95. The maximum atomic E-state index is 5.20. The maximum Gasteiger partial charge on any atom is 0.256 e. The molecule has 19 heavy (non-hydrogen) atoms. The molecular weight excluding hydrogens is 238 g/mol. The van der Waals surface area contributed by atoms with Crippen LogP contribution in [0.25, 0.3) is 0 Å². The van der Waals surface area contributed by atoms with Crippen molar-refractivity contribution in [1.29, 1.82) is 0 Å². The van der Waals surface area contributed by atoms with Gasteiger partial charge in [0.05, 0.1) is 0 Å². The van der Waals surface area contributed by atoms with Crippen LogP contribution in [-0.4, -0.2) is 12.2 Å². The van der Waals surface area contributed by atoms with Crippen molar-refractivity contribution in [2.45, 2.75) is 0 Å². The predicted molar refractivity (Wildman–Crippen MR) is 78.1 cm³/mol. The lowest BCUT2D eigenvalue weighted by Crippen LogP contribution is -2.63. The molecule has 0 aliphatic carbocycles. The predicted octanol–water partition coefficient (Wildman–Crippen LogP) is 0.118. The van der Waals surface area contributed by atoms with Gasteiger partial charge in [0.2, 0.25) is 6.21 Å². The fourth-order valence-electron chi connectivity index (χ4n) is 1.53. The summed E-state index contributed by atoms with van der Waals surface area (Å²) in [5, 5.41) is 9.63. The molecule has 0 saturated heterocycles. The molecule has 0 spiro atoms. The van der Waals surface area contributed by atoms with E-state index < -0.39 is 0 Å². The molecule has 0 saturated carbocycles. The Bertz CT molecular complexity index is 569. The molecule has 0 aliphatic heterocycles. The van der Waals surface area contributed by atoms with Crippen LogP contribution in [0, 0.1) is 0 Å². The van der Waals surface area contributed by atoms with Crippen molar-refractivity contribution in [2.24, 2.45) is 16.6 Å². The number of benzene rings is 2. The van der Waals surface area contributed by atoms with Crippen molar-refractivity contribution < 1.29 is 5.10 Å². The van der Waals surface area contributed by atoms with Crippen LogP contribution in [0.2, 0.25) is 0 Å². The summed E-state index contributed by atoms with van der Waals surface area (Å²) in [5.41, 5.74) is 13.5. The number of nitrogens with one attached hydrogen (secondary N) is 2. The second-order valence-electron chi connectivity index (χ2n) is 3.92. The van der Waals surface area contributed by atoms with Crippen molar-refractivity contribution in [3.8, 4) is 0 Å². The Morgan fingerprint density at radius 2 is 1.58 bits per heavy atom. The van der Waals surface area contributed by atoms with Crippen LogP contribution in [0.5, 0.6) is 0 Å². The average Bonchev–Trinajstić information content (AvgIpc) is 2.42. The third-order valence-electron chi connectivity index (χ3n) is 2.40. The van der Waals surface area contributed by atoms with Crippen LogP contribution in [0.15, 0.2) is 59.7 Å². The van der Waals surface area contributed by atoms with Gasteiger partial charge >= 0.3 is 0 Å². The third kappa shape index (κ3) is 4.16. The molecule has 5 nitrogen and oxygen atoms in total. The number of anilines is 2. The molecule has 5 heteroatoms. The molecule has 0 atom stereocenters. The van der Waals surface area contributed by atoms with Crippen molar-refractivity contribution in [3.63, 3.8) is 0 Å². The number of para-hydroxylation sites is 1. The van der Waals surface area contributed by atoms with E-state index in [9.17, 15) is 0 Å². The lowest BCUT2D eigenvalue weighted by Gasteiger charge is -2.05. The zero-order chi connectivity index (χ0) is 13.5. The van der Waals surface area contributed by atoms with Gasteiger partial charge in [-0.25, -0.2) is 0 Å². The van der Waals surface area contributed by atoms with Gasteiger partial charge in [0.25, 0.3) is 5.96 Å². The Balaban J connectivity index is 2.03. The van der Waals surface area contributed by atoms with Gasteiger partial charge in [-0.3, -0.25) is 0 Å². The number of rotatable bonds is 4. The molecule has 0 aromatic heterocycles. The number of guanidine groups is 1. The van der Waals surface area contributed by atoms with Crippen molar-refractivity contribution in [1.82, 2.24) is 0 Å². The summed E-state index contributed by atoms with van der Waals surface area (Å²) in [6.07, 6.45) is 1.71. The molecule has 0 fully saturated rings. The van der Waals surface area contributed by atoms with E-state index in [0.29, 0.717) is 0 Å². The van der Waals surface area contributed by atoms with Gasteiger partial charge < -0.3 is 16.8 Å². The summed E-state index contributed by atoms with van der Waals surface area (Å²) in [6, 6.07) is 17.9. The normalized spacial score (nSPS) is 10.3. The van der Waals surface area contributed by atoms with E-state index in [4.69, 9.17) is 11.5 Å². The molecule has 2 aromatic rings. The Morgan fingerprint density at radius 1 is 0.947 bits per heavy atom. The van der Waals surface area contributed by atoms with E-state index in [0.717, 1.165) is 16.9 Å². The lowest BCUT2D eigenvalue weighted by atomic mass is 10.2. The highest BCUT2D eigenvalue weighted by atomic mass is 15.3. The van der Waals surface area contributed by atoms with E-state index in [1.807, 2.05) is 54.6 Å². The monoisotopic (exact) mass is 254 g/mol. The molecule has 2 rings (SSSR count). The number of nitrogens with two attached hydrogens (primary N) is 2. The topological polar surface area (TPSA) is 90.4 Å². The number of hydrogen-bond donors (Lipinski definition) is 4. The molecular formula is C14H16N5+. The molecule has 0 aliphatic rings. The molecule has 96 valence electrons. The van der Waals surface area contributed by atoms with Crippen molar-refractivity contribution in [3.05, 3.63) is 60.2 Å².